The molecule has 0 fully saturated rings. The van der Waals surface area contributed by atoms with Gasteiger partial charge in [-0.05, 0) is 24.6 Å². The fourth-order valence-corrected chi connectivity index (χ4v) is 1.58. The lowest BCUT2D eigenvalue weighted by atomic mass is 10.1. The average molecular weight is 236 g/mol. The number of amides is 1. The number of methoxy groups -OCH3 is 1. The number of hydrogen-bond acceptors (Lipinski definition) is 3. The second-order valence-electron chi connectivity index (χ2n) is 3.74. The van der Waals surface area contributed by atoms with Crippen LogP contribution in [0.3, 0.4) is 0 Å². The van der Waals surface area contributed by atoms with E-state index in [1.54, 1.807) is 14.2 Å². The molecule has 1 aromatic rings. The molecule has 0 aliphatic rings. The van der Waals surface area contributed by atoms with E-state index in [4.69, 9.17) is 4.74 Å². The zero-order valence-electron chi connectivity index (χ0n) is 10.5. The van der Waals surface area contributed by atoms with Crippen LogP contribution < -0.4 is 15.4 Å². The van der Waals surface area contributed by atoms with E-state index in [-0.39, 0.29) is 5.91 Å². The molecule has 0 radical (unpaired) electrons. The molecule has 0 aromatic heterocycles. The minimum atomic E-state index is 0.0646. The summed E-state index contributed by atoms with van der Waals surface area (Å²) in [5.41, 5.74) is 1.18. The molecule has 0 bridgehead atoms. The molecule has 0 atom stereocenters. The largest absolute Gasteiger partial charge is 0.496 e. The van der Waals surface area contributed by atoms with E-state index in [1.807, 2.05) is 18.2 Å². The molecule has 0 aliphatic heterocycles. The van der Waals surface area contributed by atoms with Gasteiger partial charge in [0, 0.05) is 20.0 Å². The Kier molecular flexibility index (Phi) is 6.10. The molecule has 1 rings (SSSR count). The summed E-state index contributed by atoms with van der Waals surface area (Å²) in [6.07, 6.45) is 1.42. The van der Waals surface area contributed by atoms with Gasteiger partial charge < -0.3 is 15.4 Å². The number of ether oxygens (including phenoxy) is 1. The van der Waals surface area contributed by atoms with E-state index in [2.05, 4.69) is 16.7 Å². The van der Waals surface area contributed by atoms with Crippen LogP contribution in [0, 0.1) is 0 Å². The molecule has 0 saturated heterocycles. The Morgan fingerprint density at radius 1 is 1.29 bits per heavy atom. The Bertz CT molecular complexity index is 353. The molecular weight excluding hydrogens is 216 g/mol. The maximum atomic E-state index is 11.0. The summed E-state index contributed by atoms with van der Waals surface area (Å²) >= 11 is 0. The predicted octanol–water partition coefficient (Wildman–Crippen LogP) is 0.963. The summed E-state index contributed by atoms with van der Waals surface area (Å²) in [6.45, 7) is 1.55. The zero-order valence-corrected chi connectivity index (χ0v) is 10.5. The van der Waals surface area contributed by atoms with Gasteiger partial charge in [0.25, 0.3) is 0 Å². The molecule has 2 N–H and O–H groups in total. The van der Waals surface area contributed by atoms with Crippen LogP contribution in [0.15, 0.2) is 24.3 Å². The van der Waals surface area contributed by atoms with Crippen LogP contribution in [-0.4, -0.2) is 33.2 Å². The Balaban J connectivity index is 2.24. The van der Waals surface area contributed by atoms with Gasteiger partial charge >= 0.3 is 0 Å². The Morgan fingerprint density at radius 3 is 2.76 bits per heavy atom. The van der Waals surface area contributed by atoms with Crippen LogP contribution in [0.25, 0.3) is 0 Å². The van der Waals surface area contributed by atoms with Crippen molar-refractivity contribution in [2.45, 2.75) is 12.8 Å². The quantitative estimate of drug-likeness (QED) is 0.693. The average Bonchev–Trinajstić information content (AvgIpc) is 2.38. The minimum Gasteiger partial charge on any atom is -0.496 e. The summed E-state index contributed by atoms with van der Waals surface area (Å²) in [5, 5.41) is 5.83. The van der Waals surface area contributed by atoms with Gasteiger partial charge in [0.2, 0.25) is 5.91 Å². The molecule has 0 saturated carbocycles. The Labute approximate surface area is 102 Å². The molecular formula is C13H20N2O2. The van der Waals surface area contributed by atoms with Crippen LogP contribution in [-0.2, 0) is 11.2 Å². The van der Waals surface area contributed by atoms with Crippen molar-refractivity contribution >= 4 is 5.91 Å². The normalized spacial score (nSPS) is 10.0. The van der Waals surface area contributed by atoms with Crippen molar-refractivity contribution < 1.29 is 9.53 Å². The summed E-state index contributed by atoms with van der Waals surface area (Å²) in [7, 11) is 3.33. The van der Waals surface area contributed by atoms with Crippen molar-refractivity contribution in [3.63, 3.8) is 0 Å². The highest BCUT2D eigenvalue weighted by Crippen LogP contribution is 2.16. The minimum absolute atomic E-state index is 0.0646. The van der Waals surface area contributed by atoms with Crippen molar-refractivity contribution in [1.29, 1.82) is 0 Å². The molecule has 0 aliphatic carbocycles. The number of para-hydroxylation sites is 1. The lowest BCUT2D eigenvalue weighted by Gasteiger charge is -2.08. The predicted molar refractivity (Wildman–Crippen MR) is 68.3 cm³/mol. The van der Waals surface area contributed by atoms with Gasteiger partial charge in [-0.1, -0.05) is 18.2 Å². The van der Waals surface area contributed by atoms with Crippen LogP contribution >= 0.6 is 0 Å². The maximum Gasteiger partial charge on any atom is 0.221 e. The first-order chi connectivity index (χ1) is 8.27. The monoisotopic (exact) mass is 236 g/mol. The smallest absolute Gasteiger partial charge is 0.221 e. The van der Waals surface area contributed by atoms with E-state index < -0.39 is 0 Å². The number of nitrogens with one attached hydrogen (secondary N) is 2. The summed E-state index contributed by atoms with van der Waals surface area (Å²) < 4.78 is 5.27. The molecule has 1 amide bonds. The van der Waals surface area contributed by atoms with E-state index in [0.717, 1.165) is 18.7 Å². The van der Waals surface area contributed by atoms with Gasteiger partial charge in [0.05, 0.1) is 7.11 Å². The molecule has 94 valence electrons. The van der Waals surface area contributed by atoms with Crippen LogP contribution in [0.4, 0.5) is 0 Å². The van der Waals surface area contributed by atoms with Crippen LogP contribution in [0.1, 0.15) is 12.0 Å². The highest BCUT2D eigenvalue weighted by Gasteiger charge is 2.01. The Hall–Kier alpha value is -1.55. The van der Waals surface area contributed by atoms with Gasteiger partial charge in [0.1, 0.15) is 5.75 Å². The van der Waals surface area contributed by atoms with Crippen molar-refractivity contribution in [2.24, 2.45) is 0 Å². The molecule has 4 nitrogen and oxygen atoms in total. The van der Waals surface area contributed by atoms with Gasteiger partial charge in [-0.2, -0.15) is 0 Å². The lowest BCUT2D eigenvalue weighted by molar-refractivity contribution is -0.120. The van der Waals surface area contributed by atoms with Gasteiger partial charge in [-0.3, -0.25) is 4.79 Å². The fraction of sp³-hybridized carbons (Fsp3) is 0.462. The second kappa shape index (κ2) is 7.68. The number of carbonyl (C=O) groups excluding carboxylic acids is 1. The summed E-state index contributed by atoms with van der Waals surface area (Å²) in [4.78, 5) is 11.0. The van der Waals surface area contributed by atoms with Gasteiger partial charge in [-0.15, -0.1) is 0 Å². The first kappa shape index (κ1) is 13.5. The maximum absolute atomic E-state index is 11.0. The molecule has 0 unspecified atom stereocenters. The number of hydrogen-bond donors (Lipinski definition) is 2. The van der Waals surface area contributed by atoms with Crippen LogP contribution in [0.2, 0.25) is 0 Å². The zero-order chi connectivity index (χ0) is 12.5. The number of carbonyl (C=O) groups is 1. The first-order valence-corrected chi connectivity index (χ1v) is 5.81. The molecule has 4 heteroatoms. The summed E-state index contributed by atoms with van der Waals surface area (Å²) in [5.74, 6) is 0.982. The van der Waals surface area contributed by atoms with E-state index in [1.165, 1.54) is 5.56 Å². The van der Waals surface area contributed by atoms with Crippen molar-refractivity contribution in [3.05, 3.63) is 29.8 Å². The molecule has 17 heavy (non-hydrogen) atoms. The van der Waals surface area contributed by atoms with E-state index in [9.17, 15) is 4.79 Å². The van der Waals surface area contributed by atoms with Gasteiger partial charge in [-0.25, -0.2) is 0 Å². The molecule has 0 spiro atoms. The van der Waals surface area contributed by atoms with Crippen LogP contribution in [0.5, 0.6) is 5.75 Å². The Morgan fingerprint density at radius 2 is 2.06 bits per heavy atom. The van der Waals surface area contributed by atoms with Crippen molar-refractivity contribution in [1.82, 2.24) is 10.6 Å². The van der Waals surface area contributed by atoms with Crippen molar-refractivity contribution in [2.75, 3.05) is 27.2 Å². The topological polar surface area (TPSA) is 50.4 Å². The number of rotatable bonds is 7. The highest BCUT2D eigenvalue weighted by molar-refractivity contribution is 5.75. The van der Waals surface area contributed by atoms with E-state index in [0.29, 0.717) is 13.0 Å². The fourth-order valence-electron chi connectivity index (χ4n) is 1.58. The lowest BCUT2D eigenvalue weighted by Crippen LogP contribution is -2.26. The summed E-state index contributed by atoms with van der Waals surface area (Å²) in [6, 6.07) is 7.98. The molecule has 0 heterocycles. The second-order valence-corrected chi connectivity index (χ2v) is 3.74. The third-order valence-corrected chi connectivity index (χ3v) is 2.57. The van der Waals surface area contributed by atoms with E-state index >= 15 is 0 Å². The number of benzene rings is 1. The third-order valence-electron chi connectivity index (χ3n) is 2.57. The third kappa shape index (κ3) is 4.87. The van der Waals surface area contributed by atoms with Gasteiger partial charge in [0.15, 0.2) is 0 Å². The highest BCUT2D eigenvalue weighted by atomic mass is 16.5. The first-order valence-electron chi connectivity index (χ1n) is 5.81. The standard InChI is InChI=1S/C13H20N2O2/c1-14-13(16)8-10-15-9-7-11-5-3-4-6-12(11)17-2/h3-6,15H,7-10H2,1-2H3,(H,14,16). The SMILES string of the molecule is CNC(=O)CCNCCc1ccccc1OC. The van der Waals surface area contributed by atoms with Crippen molar-refractivity contribution in [3.8, 4) is 5.75 Å². The molecule has 1 aromatic carbocycles.